The van der Waals surface area contributed by atoms with E-state index in [1.165, 1.54) is 13.2 Å². The molecule has 0 saturated carbocycles. The highest BCUT2D eigenvalue weighted by Crippen LogP contribution is 2.36. The molecular formula is C23H25FN4O2. The molecule has 0 aliphatic carbocycles. The molecule has 1 aliphatic heterocycles. The van der Waals surface area contributed by atoms with Gasteiger partial charge in [0.25, 0.3) is 0 Å². The minimum Gasteiger partial charge on any atom is -0.494 e. The Morgan fingerprint density at radius 1 is 1.23 bits per heavy atom. The molecule has 6 nitrogen and oxygen atoms in total. The van der Waals surface area contributed by atoms with Crippen LogP contribution in [0.3, 0.4) is 0 Å². The van der Waals surface area contributed by atoms with Crippen molar-refractivity contribution in [1.29, 1.82) is 0 Å². The molecular weight excluding hydrogens is 383 g/mol. The van der Waals surface area contributed by atoms with Crippen molar-refractivity contribution in [3.05, 3.63) is 66.0 Å². The van der Waals surface area contributed by atoms with E-state index >= 15 is 0 Å². The summed E-state index contributed by atoms with van der Waals surface area (Å²) in [4.78, 5) is 19.2. The van der Waals surface area contributed by atoms with E-state index in [2.05, 4.69) is 4.98 Å². The van der Waals surface area contributed by atoms with Gasteiger partial charge >= 0.3 is 0 Å². The number of pyridine rings is 1. The van der Waals surface area contributed by atoms with E-state index in [1.807, 2.05) is 30.3 Å². The first-order valence-corrected chi connectivity index (χ1v) is 10.1. The van der Waals surface area contributed by atoms with Gasteiger partial charge in [0.05, 0.1) is 25.3 Å². The highest BCUT2D eigenvalue weighted by Gasteiger charge is 2.32. The van der Waals surface area contributed by atoms with Gasteiger partial charge in [0.15, 0.2) is 11.6 Å². The molecule has 0 radical (unpaired) electrons. The summed E-state index contributed by atoms with van der Waals surface area (Å²) in [7, 11) is 3.32. The number of rotatable bonds is 5. The number of aryl methyl sites for hydroxylation is 1. The first kappa shape index (κ1) is 20.1. The number of carbonyl (C=O) groups is 1. The first-order chi connectivity index (χ1) is 14.6. The lowest BCUT2D eigenvalue weighted by atomic mass is 9.94. The standard InChI is InChI=1S/C23H25FN4O2/c1-27-15-18(17-8-10-25-11-9-17)23(26-27)20-5-3-4-12-28(20)22(29)14-16-6-7-21(30-2)19(24)13-16/h6-11,13,15,20H,3-5,12,14H2,1-2H3. The van der Waals surface area contributed by atoms with Gasteiger partial charge in [0.2, 0.25) is 5.91 Å². The van der Waals surface area contributed by atoms with Crippen molar-refractivity contribution in [2.45, 2.75) is 31.7 Å². The zero-order valence-corrected chi connectivity index (χ0v) is 17.2. The molecule has 1 aliphatic rings. The predicted molar refractivity (Wildman–Crippen MR) is 111 cm³/mol. The number of hydrogen-bond donors (Lipinski definition) is 0. The quantitative estimate of drug-likeness (QED) is 0.642. The van der Waals surface area contributed by atoms with Gasteiger partial charge in [-0.25, -0.2) is 4.39 Å². The maximum atomic E-state index is 14.1. The van der Waals surface area contributed by atoms with Crippen LogP contribution in [0.5, 0.6) is 5.75 Å². The fourth-order valence-electron chi connectivity index (χ4n) is 4.12. The van der Waals surface area contributed by atoms with Gasteiger partial charge < -0.3 is 9.64 Å². The van der Waals surface area contributed by atoms with Crippen molar-refractivity contribution in [3.8, 4) is 16.9 Å². The normalized spacial score (nSPS) is 16.5. The second-order valence-electron chi connectivity index (χ2n) is 7.58. The van der Waals surface area contributed by atoms with Crippen molar-refractivity contribution in [2.24, 2.45) is 7.05 Å². The number of hydrogen-bond acceptors (Lipinski definition) is 4. The summed E-state index contributed by atoms with van der Waals surface area (Å²) in [6.45, 7) is 0.675. The van der Waals surface area contributed by atoms with Crippen LogP contribution >= 0.6 is 0 Å². The zero-order chi connectivity index (χ0) is 21.1. The fraction of sp³-hybridized carbons (Fsp3) is 0.348. The summed E-state index contributed by atoms with van der Waals surface area (Å²) >= 11 is 0. The Bertz CT molecular complexity index is 1030. The summed E-state index contributed by atoms with van der Waals surface area (Å²) in [6, 6.07) is 8.48. The minimum absolute atomic E-state index is 0.0180. The van der Waals surface area contributed by atoms with Gasteiger partial charge in [-0.2, -0.15) is 5.10 Å². The molecule has 1 amide bonds. The maximum Gasteiger partial charge on any atom is 0.227 e. The van der Waals surface area contributed by atoms with Crippen LogP contribution in [0.2, 0.25) is 0 Å². The largest absolute Gasteiger partial charge is 0.494 e. The molecule has 0 bridgehead atoms. The molecule has 7 heteroatoms. The van der Waals surface area contributed by atoms with Crippen LogP contribution < -0.4 is 4.74 Å². The topological polar surface area (TPSA) is 60.2 Å². The number of nitrogens with zero attached hydrogens (tertiary/aromatic N) is 4. The minimum atomic E-state index is -0.456. The van der Waals surface area contributed by atoms with Crippen LogP contribution in [0.4, 0.5) is 4.39 Å². The van der Waals surface area contributed by atoms with E-state index in [0.717, 1.165) is 36.1 Å². The third-order valence-corrected chi connectivity index (χ3v) is 5.56. The van der Waals surface area contributed by atoms with E-state index in [0.29, 0.717) is 12.1 Å². The van der Waals surface area contributed by atoms with Crippen LogP contribution in [0.15, 0.2) is 48.9 Å². The average Bonchev–Trinajstić information content (AvgIpc) is 3.16. The molecule has 2 aromatic heterocycles. The molecule has 0 spiro atoms. The van der Waals surface area contributed by atoms with E-state index in [1.54, 1.807) is 29.2 Å². The monoisotopic (exact) mass is 408 g/mol. The lowest BCUT2D eigenvalue weighted by Gasteiger charge is -2.35. The van der Waals surface area contributed by atoms with Crippen LogP contribution in [-0.4, -0.2) is 39.2 Å². The molecule has 1 atom stereocenters. The van der Waals surface area contributed by atoms with Crippen molar-refractivity contribution in [3.63, 3.8) is 0 Å². The molecule has 1 saturated heterocycles. The van der Waals surface area contributed by atoms with Crippen molar-refractivity contribution >= 4 is 5.91 Å². The van der Waals surface area contributed by atoms with Crippen LogP contribution in [0, 0.1) is 5.82 Å². The molecule has 1 fully saturated rings. The van der Waals surface area contributed by atoms with E-state index in [-0.39, 0.29) is 24.1 Å². The lowest BCUT2D eigenvalue weighted by Crippen LogP contribution is -2.39. The Balaban J connectivity index is 1.61. The SMILES string of the molecule is COc1ccc(CC(=O)N2CCCCC2c2nn(C)cc2-c2ccncc2)cc1F. The first-order valence-electron chi connectivity index (χ1n) is 10.1. The summed E-state index contributed by atoms with van der Waals surface area (Å²) in [5.41, 5.74) is 3.58. The second kappa shape index (κ2) is 8.65. The van der Waals surface area contributed by atoms with Gasteiger partial charge in [0, 0.05) is 37.7 Å². The highest BCUT2D eigenvalue weighted by atomic mass is 19.1. The summed E-state index contributed by atoms with van der Waals surface area (Å²) in [6.07, 6.45) is 8.50. The predicted octanol–water partition coefficient (Wildman–Crippen LogP) is 3.93. The average molecular weight is 408 g/mol. The summed E-state index contributed by atoms with van der Waals surface area (Å²) in [5, 5.41) is 4.71. The Hall–Kier alpha value is -3.22. The molecule has 1 unspecified atom stereocenters. The van der Waals surface area contributed by atoms with Crippen molar-refractivity contribution < 1.29 is 13.9 Å². The van der Waals surface area contributed by atoms with Gasteiger partial charge in [0.1, 0.15) is 0 Å². The summed E-state index contributed by atoms with van der Waals surface area (Å²) < 4.78 is 20.8. The van der Waals surface area contributed by atoms with Crippen LogP contribution in [0.1, 0.15) is 36.6 Å². The van der Waals surface area contributed by atoms with Gasteiger partial charge in [-0.05, 0) is 54.7 Å². The van der Waals surface area contributed by atoms with E-state index in [4.69, 9.17) is 9.84 Å². The molecule has 4 rings (SSSR count). The molecule has 30 heavy (non-hydrogen) atoms. The third kappa shape index (κ3) is 4.06. The fourth-order valence-corrected chi connectivity index (χ4v) is 4.12. The zero-order valence-electron chi connectivity index (χ0n) is 17.2. The Morgan fingerprint density at radius 3 is 2.77 bits per heavy atom. The van der Waals surface area contributed by atoms with Gasteiger partial charge in [-0.15, -0.1) is 0 Å². The molecule has 3 heterocycles. The number of ether oxygens (including phenoxy) is 1. The Morgan fingerprint density at radius 2 is 2.03 bits per heavy atom. The van der Waals surface area contributed by atoms with Gasteiger partial charge in [-0.3, -0.25) is 14.5 Å². The second-order valence-corrected chi connectivity index (χ2v) is 7.58. The molecule has 3 aromatic rings. The number of carbonyl (C=O) groups excluding carboxylic acids is 1. The van der Waals surface area contributed by atoms with Crippen LogP contribution in [0.25, 0.3) is 11.1 Å². The Kier molecular flexibility index (Phi) is 5.79. The number of amides is 1. The highest BCUT2D eigenvalue weighted by molar-refractivity contribution is 5.80. The molecule has 156 valence electrons. The number of aromatic nitrogens is 3. The lowest BCUT2D eigenvalue weighted by molar-refractivity contribution is -0.134. The number of piperidine rings is 1. The molecule has 1 aromatic carbocycles. The van der Waals surface area contributed by atoms with E-state index < -0.39 is 5.82 Å². The van der Waals surface area contributed by atoms with Crippen molar-refractivity contribution in [2.75, 3.05) is 13.7 Å². The number of halogens is 1. The van der Waals surface area contributed by atoms with Crippen molar-refractivity contribution in [1.82, 2.24) is 19.7 Å². The third-order valence-electron chi connectivity index (χ3n) is 5.56. The Labute approximate surface area is 175 Å². The number of benzene rings is 1. The molecule has 0 N–H and O–H groups in total. The van der Waals surface area contributed by atoms with Crippen LogP contribution in [-0.2, 0) is 18.3 Å². The maximum absolute atomic E-state index is 14.1. The number of likely N-dealkylation sites (tertiary alicyclic amines) is 1. The summed E-state index contributed by atoms with van der Waals surface area (Å²) in [5.74, 6) is -0.296. The number of methoxy groups -OCH3 is 1. The van der Waals surface area contributed by atoms with E-state index in [9.17, 15) is 9.18 Å². The smallest absolute Gasteiger partial charge is 0.227 e. The van der Waals surface area contributed by atoms with Gasteiger partial charge in [-0.1, -0.05) is 6.07 Å².